The molecule has 0 aliphatic carbocycles. The van der Waals surface area contributed by atoms with Crippen LogP contribution in [0.25, 0.3) is 64.6 Å². The highest BCUT2D eigenvalue weighted by atomic mass is 28.5. The molecule has 13 heteroatoms. The fraction of sp³-hybridized carbons (Fsp3) is 0.333. The molecule has 10 nitrogen and oxygen atoms in total. The van der Waals surface area contributed by atoms with E-state index in [2.05, 4.69) is 196 Å². The van der Waals surface area contributed by atoms with Crippen LogP contribution in [0.2, 0.25) is 36.3 Å². The molecule has 8 aromatic carbocycles. The van der Waals surface area contributed by atoms with E-state index in [4.69, 9.17) is 30.0 Å². The lowest BCUT2D eigenvalue weighted by Crippen LogP contribution is -2.71. The Morgan fingerprint density at radius 3 is 0.859 bits per heavy atom. The normalized spacial score (nSPS) is 17.1. The molecule has 2 aromatic heterocycles. The SMILES string of the molecule is CCCC[Si](CCCC)(CCCC)O[Si]1(O[Si](CCCC)(CCCC)CCCC)n2c3c4cc5ccccc5cc4c2/N=C2N=C(/N=c4/c5cc6ccccc6cc5/c(n41)=N/C1=NC(=N\3)/c3cc4ccccc4cc31)c1cc3ccccc3cc1\2. The number of aliphatic imine (C=N–C) groups is 4. The van der Waals surface area contributed by atoms with E-state index in [0.717, 1.165) is 223 Å². The lowest BCUT2D eigenvalue weighted by molar-refractivity contribution is 0.319. The third-order valence-electron chi connectivity index (χ3n) is 18.8. The summed E-state index contributed by atoms with van der Waals surface area (Å²) in [6.45, 7) is 14.1. The Morgan fingerprint density at radius 1 is 0.318 bits per heavy atom. The summed E-state index contributed by atoms with van der Waals surface area (Å²) >= 11 is 0. The first-order valence-corrected chi connectivity index (χ1v) is 38.9. The minimum absolute atomic E-state index is 0.623. The van der Waals surface area contributed by atoms with Crippen molar-refractivity contribution in [2.45, 2.75) is 155 Å². The molecule has 4 aliphatic rings. The molecule has 4 aliphatic heterocycles. The number of hydrogen-bond donors (Lipinski definition) is 0. The van der Waals surface area contributed by atoms with Crippen LogP contribution in [0.1, 0.15) is 141 Å². The van der Waals surface area contributed by atoms with Gasteiger partial charge in [0, 0.05) is 43.8 Å². The number of unbranched alkanes of at least 4 members (excludes halogenated alkanes) is 6. The van der Waals surface area contributed by atoms with Gasteiger partial charge in [-0.15, -0.1) is 0 Å². The second-order valence-corrected chi connectivity index (χ2v) is 36.0. The van der Waals surface area contributed by atoms with Crippen LogP contribution in [0.15, 0.2) is 176 Å². The van der Waals surface area contributed by atoms with Gasteiger partial charge < -0.3 is 8.23 Å². The lowest BCUT2D eigenvalue weighted by Gasteiger charge is -2.47. The Kier molecular flexibility index (Phi) is 15.0. The average molecular weight is 1170 g/mol. The molecule has 14 rings (SSSR count). The highest BCUT2D eigenvalue weighted by molar-refractivity contribution is 6.89. The quantitative estimate of drug-likeness (QED) is 0.0631. The van der Waals surface area contributed by atoms with Crippen LogP contribution >= 0.6 is 0 Å². The topological polar surface area (TPSA) is 102 Å². The van der Waals surface area contributed by atoms with Crippen molar-refractivity contribution in [2.75, 3.05) is 0 Å². The molecule has 0 unspecified atom stereocenters. The van der Waals surface area contributed by atoms with Crippen LogP contribution in [-0.2, 0) is 8.23 Å². The third-order valence-corrected chi connectivity index (χ3v) is 33.9. The van der Waals surface area contributed by atoms with E-state index in [1.807, 2.05) is 0 Å². The van der Waals surface area contributed by atoms with Gasteiger partial charge in [-0.1, -0.05) is 216 Å². The van der Waals surface area contributed by atoms with Gasteiger partial charge in [0.05, 0.1) is 0 Å². The van der Waals surface area contributed by atoms with Gasteiger partial charge in [0.2, 0.25) is 0 Å². The van der Waals surface area contributed by atoms with Gasteiger partial charge in [-0.05, 0) is 128 Å². The van der Waals surface area contributed by atoms with Crippen molar-refractivity contribution < 1.29 is 8.23 Å². The number of benzene rings is 8. The van der Waals surface area contributed by atoms with E-state index in [-0.39, 0.29) is 0 Å². The third kappa shape index (κ3) is 9.65. The Bertz CT molecular complexity index is 4250. The second-order valence-electron chi connectivity index (χ2n) is 24.7. The number of nitrogens with zero attached hydrogens (tertiary/aromatic N) is 8. The van der Waals surface area contributed by atoms with Crippen molar-refractivity contribution in [3.8, 4) is 0 Å². The zero-order chi connectivity index (χ0) is 57.9. The Balaban J connectivity index is 1.29. The predicted octanol–water partition coefficient (Wildman–Crippen LogP) is 18.7. The monoisotopic (exact) mass is 1170 g/mol. The highest BCUT2D eigenvalue weighted by Crippen LogP contribution is 2.49. The Labute approximate surface area is 502 Å². The molecule has 0 N–H and O–H groups in total. The van der Waals surface area contributed by atoms with Gasteiger partial charge in [-0.25, -0.2) is 30.0 Å². The molecule has 0 spiro atoms. The first kappa shape index (κ1) is 55.6. The van der Waals surface area contributed by atoms with E-state index in [1.165, 1.54) is 0 Å². The summed E-state index contributed by atoms with van der Waals surface area (Å²) in [5.74, 6) is 4.00. The molecule has 0 fully saturated rings. The highest BCUT2D eigenvalue weighted by Gasteiger charge is 2.60. The molecule has 0 radical (unpaired) electrons. The summed E-state index contributed by atoms with van der Waals surface area (Å²) in [5.41, 5.74) is 5.30. The van der Waals surface area contributed by atoms with E-state index >= 15 is 0 Å². The molecule has 0 atom stereocenters. The second kappa shape index (κ2) is 22.9. The fourth-order valence-electron chi connectivity index (χ4n) is 14.2. The smallest absolute Gasteiger partial charge is 0.404 e. The van der Waals surface area contributed by atoms with E-state index in [1.54, 1.807) is 0 Å². The summed E-state index contributed by atoms with van der Waals surface area (Å²) in [5, 5.41) is 12.9. The maximum Gasteiger partial charge on any atom is 0.582 e. The van der Waals surface area contributed by atoms with Crippen LogP contribution in [-0.4, -0.2) is 57.3 Å². The van der Waals surface area contributed by atoms with E-state index < -0.39 is 25.5 Å². The van der Waals surface area contributed by atoms with Gasteiger partial charge in [0.25, 0.3) is 0 Å². The van der Waals surface area contributed by atoms with Crippen molar-refractivity contribution in [3.05, 3.63) is 179 Å². The standard InChI is InChI=1S/C72H78N8O2Si3/c1-7-13-35-83(36-14-8-2,37-15-9-3)81-85(82-84(38-16-10-4,39-17-11-5)40-18-12-6)79-69-61-45-53-31-23-24-32-54(53)46-62(61)71(79)77-67-59-43-51-29-21-22-30-52(51)44-60(59)68(74-67)78-72-64-48-56-34-26-25-33-55(56)47-63(64)70(80(72)85)76-66-58-42-50-28-20-19-27-49(50)41-57(58)65(73-66)75-69/h19-34,41-48H,7-18,35-40H2,1-6H3/b75-65-,75-69?,76-66?,76-70-,77-67-,77-71?,78-68?,78-72-. The fourth-order valence-corrected chi connectivity index (χ4v) is 32.6. The van der Waals surface area contributed by atoms with Gasteiger partial charge in [-0.3, -0.25) is 8.47 Å². The molecule has 0 amide bonds. The minimum atomic E-state index is -4.58. The molecule has 6 bridgehead atoms. The molecule has 10 aromatic rings. The Morgan fingerprint density at radius 2 is 0.576 bits per heavy atom. The van der Waals surface area contributed by atoms with Crippen molar-refractivity contribution in [1.29, 1.82) is 0 Å². The van der Waals surface area contributed by atoms with E-state index in [9.17, 15) is 8.23 Å². The molecular weight excluding hydrogens is 1090 g/mol. The van der Waals surface area contributed by atoms with Gasteiger partial charge in [0.1, 0.15) is 22.6 Å². The first-order chi connectivity index (χ1) is 41.7. The van der Waals surface area contributed by atoms with E-state index in [0.29, 0.717) is 23.3 Å². The summed E-state index contributed by atoms with van der Waals surface area (Å²) in [6.07, 6.45) is 12.9. The maximum atomic E-state index is 9.40. The summed E-state index contributed by atoms with van der Waals surface area (Å²) < 4.78 is 23.8. The number of amidine groups is 4. The predicted molar refractivity (Wildman–Crippen MR) is 363 cm³/mol. The molecular formula is C72H78N8O2Si3. The Hall–Kier alpha value is -7.27. The van der Waals surface area contributed by atoms with Crippen LogP contribution in [0.4, 0.5) is 11.6 Å². The number of rotatable bonds is 22. The van der Waals surface area contributed by atoms with Crippen molar-refractivity contribution in [1.82, 2.24) is 8.47 Å². The number of fused-ring (bicyclic) bond motifs is 18. The van der Waals surface area contributed by atoms with Crippen molar-refractivity contribution in [3.63, 3.8) is 0 Å². The lowest BCUT2D eigenvalue weighted by atomic mass is 10.0. The number of hydrogen-bond acceptors (Lipinski definition) is 8. The average Bonchev–Trinajstić information content (AvgIpc) is 1.66. The minimum Gasteiger partial charge on any atom is -0.404 e. The zero-order valence-electron chi connectivity index (χ0n) is 50.5. The van der Waals surface area contributed by atoms with Gasteiger partial charge >= 0.3 is 8.88 Å². The zero-order valence-corrected chi connectivity index (χ0v) is 53.5. The van der Waals surface area contributed by atoms with Crippen LogP contribution in [0.3, 0.4) is 0 Å². The van der Waals surface area contributed by atoms with Crippen molar-refractivity contribution >= 4 is 125 Å². The summed E-state index contributed by atoms with van der Waals surface area (Å²) in [6, 6.07) is 59.5. The summed E-state index contributed by atoms with van der Waals surface area (Å²) in [7, 11) is -10.4. The maximum absolute atomic E-state index is 9.40. The number of aromatic nitrogens is 2. The van der Waals surface area contributed by atoms with Crippen molar-refractivity contribution in [2.24, 2.45) is 30.0 Å². The van der Waals surface area contributed by atoms with Gasteiger partial charge in [0.15, 0.2) is 40.0 Å². The van der Waals surface area contributed by atoms with Crippen LogP contribution in [0, 0.1) is 0 Å². The van der Waals surface area contributed by atoms with Crippen LogP contribution < -0.4 is 11.0 Å². The molecule has 85 heavy (non-hydrogen) atoms. The molecule has 0 saturated carbocycles. The molecule has 6 heterocycles. The summed E-state index contributed by atoms with van der Waals surface area (Å²) in [4.78, 5) is 35.9. The van der Waals surface area contributed by atoms with Crippen LogP contribution in [0.5, 0.6) is 0 Å². The first-order valence-electron chi connectivity index (χ1n) is 32.1. The molecule has 0 saturated heterocycles. The van der Waals surface area contributed by atoms with Gasteiger partial charge in [-0.2, -0.15) is 0 Å². The largest absolute Gasteiger partial charge is 0.582 e. The molecule has 430 valence electrons.